The minimum Gasteiger partial charge on any atom is -0.314 e. The summed E-state index contributed by atoms with van der Waals surface area (Å²) < 4.78 is 23.8. The van der Waals surface area contributed by atoms with E-state index in [1.54, 1.807) is 0 Å². The Bertz CT molecular complexity index is 477. The molecule has 1 aromatic rings. The summed E-state index contributed by atoms with van der Waals surface area (Å²) >= 11 is 0. The van der Waals surface area contributed by atoms with E-state index in [0.29, 0.717) is 6.54 Å². The van der Waals surface area contributed by atoms with Crippen LogP contribution in [0.4, 0.5) is 0 Å². The average Bonchev–Trinajstić information content (AvgIpc) is 2.44. The molecule has 0 saturated heterocycles. The third-order valence-corrected chi connectivity index (χ3v) is 3.84. The van der Waals surface area contributed by atoms with Crippen LogP contribution in [0.25, 0.3) is 0 Å². The van der Waals surface area contributed by atoms with E-state index < -0.39 is 9.84 Å². The minimum atomic E-state index is -2.86. The van der Waals surface area contributed by atoms with Crippen molar-refractivity contribution >= 4 is 9.84 Å². The van der Waals surface area contributed by atoms with Gasteiger partial charge in [-0.2, -0.15) is 5.10 Å². The van der Waals surface area contributed by atoms with Crippen molar-refractivity contribution in [3.63, 3.8) is 0 Å². The van der Waals surface area contributed by atoms with Crippen LogP contribution in [-0.2, 0) is 16.4 Å². The van der Waals surface area contributed by atoms with Gasteiger partial charge >= 0.3 is 0 Å². The molecule has 0 aliphatic rings. The van der Waals surface area contributed by atoms with Gasteiger partial charge in [0.2, 0.25) is 0 Å². The first-order valence-electron chi connectivity index (χ1n) is 5.70. The lowest BCUT2D eigenvalue weighted by molar-refractivity contribution is 0.548. The van der Waals surface area contributed by atoms with Crippen LogP contribution in [-0.4, -0.2) is 43.3 Å². The molecule has 0 bridgehead atoms. The number of hydrogen-bond acceptors (Lipinski definition) is 4. The topological polar surface area (TPSA) is 64.0 Å². The Morgan fingerprint density at radius 1 is 1.24 bits per heavy atom. The van der Waals surface area contributed by atoms with E-state index in [2.05, 4.69) is 17.3 Å². The zero-order valence-electron chi connectivity index (χ0n) is 10.9. The van der Waals surface area contributed by atoms with E-state index >= 15 is 0 Å². The van der Waals surface area contributed by atoms with Gasteiger partial charge < -0.3 is 5.32 Å². The molecule has 0 amide bonds. The molecular weight excluding hydrogens is 238 g/mol. The summed E-state index contributed by atoms with van der Waals surface area (Å²) in [6.45, 7) is 8.10. The van der Waals surface area contributed by atoms with E-state index in [1.165, 1.54) is 17.5 Å². The summed E-state index contributed by atoms with van der Waals surface area (Å²) in [5.74, 6) is 0.184. The maximum absolute atomic E-state index is 10.9. The lowest BCUT2D eigenvalue weighted by Crippen LogP contribution is -2.26. The second-order valence-corrected chi connectivity index (χ2v) is 6.66. The molecular formula is C11H21N3O2S. The highest BCUT2D eigenvalue weighted by Crippen LogP contribution is 2.09. The SMILES string of the molecule is Cc1nn(CCNCCS(C)(=O)=O)c(C)c1C. The lowest BCUT2D eigenvalue weighted by Gasteiger charge is -2.06. The van der Waals surface area contributed by atoms with Gasteiger partial charge in [-0.1, -0.05) is 0 Å². The molecule has 1 heterocycles. The number of sulfone groups is 1. The smallest absolute Gasteiger partial charge is 0.148 e. The van der Waals surface area contributed by atoms with E-state index in [-0.39, 0.29) is 5.75 Å². The molecule has 0 saturated carbocycles. The van der Waals surface area contributed by atoms with E-state index in [9.17, 15) is 8.42 Å². The van der Waals surface area contributed by atoms with Crippen molar-refractivity contribution < 1.29 is 8.42 Å². The first-order valence-corrected chi connectivity index (χ1v) is 7.76. The van der Waals surface area contributed by atoms with Crippen LogP contribution in [0.3, 0.4) is 0 Å². The molecule has 5 nitrogen and oxygen atoms in total. The second kappa shape index (κ2) is 5.64. The van der Waals surface area contributed by atoms with Crippen LogP contribution in [0.5, 0.6) is 0 Å². The van der Waals surface area contributed by atoms with Gasteiger partial charge in [0.25, 0.3) is 0 Å². The summed E-state index contributed by atoms with van der Waals surface area (Å²) in [7, 11) is -2.86. The highest BCUT2D eigenvalue weighted by Gasteiger charge is 2.06. The molecule has 0 fully saturated rings. The highest BCUT2D eigenvalue weighted by atomic mass is 32.2. The summed E-state index contributed by atoms with van der Waals surface area (Å²) in [5, 5.41) is 7.52. The quantitative estimate of drug-likeness (QED) is 0.753. The van der Waals surface area contributed by atoms with Gasteiger partial charge in [0.1, 0.15) is 9.84 Å². The van der Waals surface area contributed by atoms with Crippen molar-refractivity contribution in [3.05, 3.63) is 17.0 Å². The van der Waals surface area contributed by atoms with Gasteiger partial charge in [-0.25, -0.2) is 8.42 Å². The summed E-state index contributed by atoms with van der Waals surface area (Å²) in [5.41, 5.74) is 3.45. The van der Waals surface area contributed by atoms with Crippen LogP contribution in [0.1, 0.15) is 17.0 Å². The molecule has 0 aliphatic carbocycles. The summed E-state index contributed by atoms with van der Waals surface area (Å²) in [4.78, 5) is 0. The summed E-state index contributed by atoms with van der Waals surface area (Å²) in [6.07, 6.45) is 1.25. The molecule has 17 heavy (non-hydrogen) atoms. The Morgan fingerprint density at radius 2 is 1.88 bits per heavy atom. The normalized spacial score (nSPS) is 12.0. The zero-order chi connectivity index (χ0) is 13.1. The fourth-order valence-corrected chi connectivity index (χ4v) is 2.09. The van der Waals surface area contributed by atoms with Crippen LogP contribution in [0.15, 0.2) is 0 Å². The Balaban J connectivity index is 2.34. The third kappa shape index (κ3) is 4.47. The average molecular weight is 259 g/mol. The van der Waals surface area contributed by atoms with Crippen molar-refractivity contribution in [2.75, 3.05) is 25.1 Å². The first kappa shape index (κ1) is 14.2. The Morgan fingerprint density at radius 3 is 2.35 bits per heavy atom. The number of aromatic nitrogens is 2. The molecule has 0 aliphatic heterocycles. The molecule has 6 heteroatoms. The molecule has 0 unspecified atom stereocenters. The molecule has 98 valence electrons. The summed E-state index contributed by atoms with van der Waals surface area (Å²) in [6, 6.07) is 0. The van der Waals surface area contributed by atoms with Gasteiger partial charge in [-0.15, -0.1) is 0 Å². The van der Waals surface area contributed by atoms with Crippen molar-refractivity contribution in [1.82, 2.24) is 15.1 Å². The van der Waals surface area contributed by atoms with Crippen molar-refractivity contribution in [3.8, 4) is 0 Å². The Hall–Kier alpha value is -0.880. The number of aryl methyl sites for hydroxylation is 1. The maximum atomic E-state index is 10.9. The van der Waals surface area contributed by atoms with Crippen LogP contribution >= 0.6 is 0 Å². The molecule has 0 aromatic carbocycles. The number of rotatable bonds is 6. The lowest BCUT2D eigenvalue weighted by atomic mass is 10.2. The number of hydrogen-bond donors (Lipinski definition) is 1. The van der Waals surface area contributed by atoms with Crippen LogP contribution in [0.2, 0.25) is 0 Å². The highest BCUT2D eigenvalue weighted by molar-refractivity contribution is 7.90. The van der Waals surface area contributed by atoms with Gasteiger partial charge in [-0.05, 0) is 26.3 Å². The predicted octanol–water partition coefficient (Wildman–Crippen LogP) is 0.443. The number of nitrogens with zero attached hydrogens (tertiary/aromatic N) is 2. The molecule has 1 N–H and O–H groups in total. The molecule has 0 spiro atoms. The van der Waals surface area contributed by atoms with Crippen molar-refractivity contribution in [1.29, 1.82) is 0 Å². The number of nitrogens with one attached hydrogen (secondary N) is 1. The molecule has 0 radical (unpaired) electrons. The first-order chi connectivity index (χ1) is 7.81. The van der Waals surface area contributed by atoms with Crippen LogP contribution < -0.4 is 5.32 Å². The monoisotopic (exact) mass is 259 g/mol. The van der Waals surface area contributed by atoms with Gasteiger partial charge in [0.15, 0.2) is 0 Å². The van der Waals surface area contributed by atoms with Gasteiger partial charge in [-0.3, -0.25) is 4.68 Å². The zero-order valence-corrected chi connectivity index (χ0v) is 11.8. The standard InChI is InChI=1S/C11H21N3O2S/c1-9-10(2)13-14(11(9)3)7-5-12-6-8-17(4,15)16/h12H,5-8H2,1-4H3. The largest absolute Gasteiger partial charge is 0.314 e. The second-order valence-electron chi connectivity index (χ2n) is 4.40. The van der Waals surface area contributed by atoms with Crippen LogP contribution in [0, 0.1) is 20.8 Å². The van der Waals surface area contributed by atoms with E-state index in [4.69, 9.17) is 0 Å². The molecule has 1 aromatic heterocycles. The molecule has 0 atom stereocenters. The Kier molecular flexibility index (Phi) is 4.70. The molecule has 1 rings (SSSR count). The third-order valence-electron chi connectivity index (χ3n) is 2.89. The van der Waals surface area contributed by atoms with Crippen molar-refractivity contribution in [2.24, 2.45) is 0 Å². The van der Waals surface area contributed by atoms with Gasteiger partial charge in [0, 0.05) is 25.0 Å². The fraction of sp³-hybridized carbons (Fsp3) is 0.727. The predicted molar refractivity (Wildman–Crippen MR) is 69.0 cm³/mol. The van der Waals surface area contributed by atoms with Crippen molar-refractivity contribution in [2.45, 2.75) is 27.3 Å². The van der Waals surface area contributed by atoms with E-state index in [0.717, 1.165) is 18.8 Å². The fourth-order valence-electron chi connectivity index (χ4n) is 1.57. The maximum Gasteiger partial charge on any atom is 0.148 e. The van der Waals surface area contributed by atoms with Gasteiger partial charge in [0.05, 0.1) is 18.0 Å². The Labute approximate surface area is 103 Å². The minimum absolute atomic E-state index is 0.184. The van der Waals surface area contributed by atoms with E-state index in [1.807, 2.05) is 18.5 Å².